The molecule has 0 saturated carbocycles. The molecule has 0 unspecified atom stereocenters. The summed E-state index contributed by atoms with van der Waals surface area (Å²) in [6.45, 7) is 5.52. The Morgan fingerprint density at radius 1 is 1.20 bits per heavy atom. The van der Waals surface area contributed by atoms with Crippen molar-refractivity contribution in [3.63, 3.8) is 0 Å². The number of piperazine rings is 1. The molecule has 1 heterocycles. The van der Waals surface area contributed by atoms with Crippen LogP contribution >= 0.6 is 12.4 Å². The van der Waals surface area contributed by atoms with E-state index < -0.39 is 10.0 Å². The second-order valence-corrected chi connectivity index (χ2v) is 7.89. The zero-order chi connectivity index (χ0) is 17.6. The molecule has 7 nitrogen and oxygen atoms in total. The van der Waals surface area contributed by atoms with Crippen molar-refractivity contribution in [2.45, 2.75) is 6.92 Å². The molecule has 0 aromatic heterocycles. The standard InChI is InChI=1S/C16H25N3O4S.ClH/c1-14-5-3-4-6-15(14)23-13-16(20)17-7-8-18-9-11-19(12-10-18)24(2,21)22;/h3-6H,7-13H2,1-2H3,(H,17,20);1H. The summed E-state index contributed by atoms with van der Waals surface area (Å²) < 4.78 is 29.9. The zero-order valence-electron chi connectivity index (χ0n) is 14.6. The number of aryl methyl sites for hydroxylation is 1. The van der Waals surface area contributed by atoms with E-state index in [-0.39, 0.29) is 24.9 Å². The summed E-state index contributed by atoms with van der Waals surface area (Å²) >= 11 is 0. The fourth-order valence-electron chi connectivity index (χ4n) is 2.55. The molecular formula is C16H26ClN3O4S. The van der Waals surface area contributed by atoms with Gasteiger partial charge in [-0.05, 0) is 18.6 Å². The van der Waals surface area contributed by atoms with Crippen molar-refractivity contribution in [1.29, 1.82) is 0 Å². The third-order valence-electron chi connectivity index (χ3n) is 4.00. The first-order chi connectivity index (χ1) is 11.4. The molecular weight excluding hydrogens is 366 g/mol. The van der Waals surface area contributed by atoms with Gasteiger partial charge in [-0.15, -0.1) is 12.4 Å². The van der Waals surface area contributed by atoms with Gasteiger partial charge in [-0.3, -0.25) is 9.69 Å². The van der Waals surface area contributed by atoms with Gasteiger partial charge in [-0.2, -0.15) is 4.31 Å². The lowest BCUT2D eigenvalue weighted by molar-refractivity contribution is -0.123. The fraction of sp³-hybridized carbons (Fsp3) is 0.562. The van der Waals surface area contributed by atoms with E-state index >= 15 is 0 Å². The van der Waals surface area contributed by atoms with Gasteiger partial charge in [0.2, 0.25) is 10.0 Å². The van der Waals surface area contributed by atoms with Crippen LogP contribution in [0.5, 0.6) is 5.75 Å². The van der Waals surface area contributed by atoms with E-state index in [9.17, 15) is 13.2 Å². The monoisotopic (exact) mass is 391 g/mol. The van der Waals surface area contributed by atoms with Crippen LogP contribution < -0.4 is 10.1 Å². The number of benzene rings is 1. The Balaban J connectivity index is 0.00000312. The first kappa shape index (κ1) is 21.7. The molecule has 25 heavy (non-hydrogen) atoms. The van der Waals surface area contributed by atoms with Gasteiger partial charge in [0.25, 0.3) is 5.91 Å². The van der Waals surface area contributed by atoms with Gasteiger partial charge in [0, 0.05) is 39.3 Å². The highest BCUT2D eigenvalue weighted by Crippen LogP contribution is 2.15. The van der Waals surface area contributed by atoms with Crippen molar-refractivity contribution >= 4 is 28.3 Å². The SMILES string of the molecule is Cc1ccccc1OCC(=O)NCCN1CCN(S(C)(=O)=O)CC1.Cl. The van der Waals surface area contributed by atoms with Crippen LogP contribution in [0.3, 0.4) is 0 Å². The first-order valence-corrected chi connectivity index (χ1v) is 9.83. The number of sulfonamides is 1. The summed E-state index contributed by atoms with van der Waals surface area (Å²) in [6.07, 6.45) is 1.23. The Hall–Kier alpha value is -1.35. The molecule has 0 bridgehead atoms. The topological polar surface area (TPSA) is 79.0 Å². The molecule has 1 aromatic rings. The molecule has 1 aromatic carbocycles. The minimum absolute atomic E-state index is 0. The van der Waals surface area contributed by atoms with Crippen molar-refractivity contribution in [1.82, 2.24) is 14.5 Å². The Kier molecular flexibility index (Phi) is 8.64. The zero-order valence-corrected chi connectivity index (χ0v) is 16.2. The molecule has 2 rings (SSSR count). The van der Waals surface area contributed by atoms with Crippen LogP contribution in [0.4, 0.5) is 0 Å². The molecule has 1 saturated heterocycles. The van der Waals surface area contributed by atoms with Crippen LogP contribution in [0.1, 0.15) is 5.56 Å². The van der Waals surface area contributed by atoms with E-state index in [0.29, 0.717) is 45.0 Å². The van der Waals surface area contributed by atoms with Gasteiger partial charge < -0.3 is 10.1 Å². The molecule has 1 N–H and O–H groups in total. The van der Waals surface area contributed by atoms with E-state index in [1.807, 2.05) is 31.2 Å². The van der Waals surface area contributed by atoms with Crippen LogP contribution in [0.25, 0.3) is 0 Å². The Morgan fingerprint density at radius 2 is 1.84 bits per heavy atom. The third kappa shape index (κ3) is 7.19. The van der Waals surface area contributed by atoms with Crippen LogP contribution in [-0.4, -0.2) is 75.7 Å². The predicted octanol–water partition coefficient (Wildman–Crippen LogP) is 0.489. The second kappa shape index (κ2) is 9.96. The van der Waals surface area contributed by atoms with Gasteiger partial charge in [0.05, 0.1) is 6.26 Å². The quantitative estimate of drug-likeness (QED) is 0.731. The van der Waals surface area contributed by atoms with Crippen molar-refractivity contribution in [2.75, 3.05) is 52.1 Å². The second-order valence-electron chi connectivity index (χ2n) is 5.91. The summed E-state index contributed by atoms with van der Waals surface area (Å²) in [4.78, 5) is 14.0. The predicted molar refractivity (Wildman–Crippen MR) is 99.8 cm³/mol. The Labute approximate surface area is 155 Å². The highest BCUT2D eigenvalue weighted by atomic mass is 35.5. The van der Waals surface area contributed by atoms with Crippen molar-refractivity contribution in [3.05, 3.63) is 29.8 Å². The lowest BCUT2D eigenvalue weighted by Gasteiger charge is -2.33. The van der Waals surface area contributed by atoms with Gasteiger partial charge in [0.1, 0.15) is 5.75 Å². The van der Waals surface area contributed by atoms with Crippen LogP contribution in [-0.2, 0) is 14.8 Å². The molecule has 142 valence electrons. The molecule has 1 fully saturated rings. The summed E-state index contributed by atoms with van der Waals surface area (Å²) in [5, 5.41) is 2.82. The number of rotatable bonds is 7. The van der Waals surface area contributed by atoms with Crippen molar-refractivity contribution in [3.8, 4) is 5.75 Å². The number of para-hydroxylation sites is 1. The largest absolute Gasteiger partial charge is 0.484 e. The number of ether oxygens (including phenoxy) is 1. The van der Waals surface area contributed by atoms with Crippen molar-refractivity contribution < 1.29 is 17.9 Å². The van der Waals surface area contributed by atoms with Gasteiger partial charge in [-0.25, -0.2) is 8.42 Å². The lowest BCUT2D eigenvalue weighted by Crippen LogP contribution is -2.50. The van der Waals surface area contributed by atoms with Crippen LogP contribution in [0.15, 0.2) is 24.3 Å². The summed E-state index contributed by atoms with van der Waals surface area (Å²) in [5.41, 5.74) is 0.994. The maximum Gasteiger partial charge on any atom is 0.257 e. The minimum atomic E-state index is -3.10. The average molecular weight is 392 g/mol. The van der Waals surface area contributed by atoms with E-state index in [0.717, 1.165) is 5.56 Å². The number of nitrogens with zero attached hydrogens (tertiary/aromatic N) is 2. The maximum atomic E-state index is 11.8. The maximum absolute atomic E-state index is 11.8. The normalized spacial score (nSPS) is 16.1. The van der Waals surface area contributed by atoms with Crippen molar-refractivity contribution in [2.24, 2.45) is 0 Å². The van der Waals surface area contributed by atoms with E-state index in [2.05, 4.69) is 10.2 Å². The number of carbonyl (C=O) groups excluding carboxylic acids is 1. The minimum Gasteiger partial charge on any atom is -0.484 e. The highest BCUT2D eigenvalue weighted by Gasteiger charge is 2.22. The lowest BCUT2D eigenvalue weighted by atomic mass is 10.2. The molecule has 0 atom stereocenters. The number of carbonyl (C=O) groups is 1. The molecule has 9 heteroatoms. The molecule has 0 radical (unpaired) electrons. The van der Waals surface area contributed by atoms with E-state index in [1.54, 1.807) is 0 Å². The summed E-state index contributed by atoms with van der Waals surface area (Å²) in [5.74, 6) is 0.553. The number of hydrogen-bond donors (Lipinski definition) is 1. The molecule has 0 aliphatic carbocycles. The number of amides is 1. The highest BCUT2D eigenvalue weighted by molar-refractivity contribution is 7.88. The van der Waals surface area contributed by atoms with E-state index in [1.165, 1.54) is 10.6 Å². The Bertz CT molecular complexity index is 661. The van der Waals surface area contributed by atoms with Crippen LogP contribution in [0, 0.1) is 6.92 Å². The summed E-state index contributed by atoms with van der Waals surface area (Å²) in [7, 11) is -3.10. The third-order valence-corrected chi connectivity index (χ3v) is 5.31. The average Bonchev–Trinajstić information content (AvgIpc) is 2.54. The van der Waals surface area contributed by atoms with Gasteiger partial charge >= 0.3 is 0 Å². The van der Waals surface area contributed by atoms with Crippen LogP contribution in [0.2, 0.25) is 0 Å². The smallest absolute Gasteiger partial charge is 0.257 e. The van der Waals surface area contributed by atoms with E-state index in [4.69, 9.17) is 4.74 Å². The molecule has 1 aliphatic rings. The van der Waals surface area contributed by atoms with Gasteiger partial charge in [-0.1, -0.05) is 18.2 Å². The fourth-order valence-corrected chi connectivity index (χ4v) is 3.38. The molecule has 0 spiro atoms. The summed E-state index contributed by atoms with van der Waals surface area (Å²) in [6, 6.07) is 7.56. The molecule has 1 amide bonds. The Morgan fingerprint density at radius 3 is 2.44 bits per heavy atom. The first-order valence-electron chi connectivity index (χ1n) is 7.99. The number of halogens is 1. The molecule has 1 aliphatic heterocycles. The van der Waals surface area contributed by atoms with Gasteiger partial charge in [0.15, 0.2) is 6.61 Å². The number of hydrogen-bond acceptors (Lipinski definition) is 5. The number of nitrogens with one attached hydrogen (secondary N) is 1.